The normalized spacial score (nSPS) is 17.0. The second-order valence-corrected chi connectivity index (χ2v) is 7.17. The number of fused-ring (bicyclic) bond motifs is 1. The smallest absolute Gasteiger partial charge is 0.124 e. The monoisotopic (exact) mass is 363 g/mol. The first-order chi connectivity index (χ1) is 10.3. The average Bonchev–Trinajstić information content (AvgIpc) is 2.50. The zero-order valence-electron chi connectivity index (χ0n) is 11.9. The minimum atomic E-state index is 0.296. The van der Waals surface area contributed by atoms with Gasteiger partial charge in [-0.1, -0.05) is 35.0 Å². The molecule has 0 saturated carbocycles. The standard InChI is InChI=1S/C17H18BrNOS/c1-2-21-17-6-4-3-5-15(17)19-14-9-10-20-16-8-7-12(18)11-13(14)16/h3-8,11,14,19H,2,9-10H2,1H3. The predicted octanol–water partition coefficient (Wildman–Crippen LogP) is 5.50. The molecule has 0 amide bonds. The van der Waals surface area contributed by atoms with Gasteiger partial charge in [0, 0.05) is 27.0 Å². The Morgan fingerprint density at radius 2 is 2.14 bits per heavy atom. The maximum atomic E-state index is 5.76. The van der Waals surface area contributed by atoms with Crippen molar-refractivity contribution >= 4 is 33.4 Å². The quantitative estimate of drug-likeness (QED) is 0.724. The van der Waals surface area contributed by atoms with E-state index in [4.69, 9.17) is 4.74 Å². The Labute approximate surface area is 138 Å². The number of hydrogen-bond donors (Lipinski definition) is 1. The SMILES string of the molecule is CCSc1ccccc1NC1CCOc2ccc(Br)cc21. The molecular weight excluding hydrogens is 346 g/mol. The van der Waals surface area contributed by atoms with Gasteiger partial charge in [0.05, 0.1) is 12.6 Å². The van der Waals surface area contributed by atoms with Crippen LogP contribution in [0.4, 0.5) is 5.69 Å². The molecule has 4 heteroatoms. The van der Waals surface area contributed by atoms with Crippen molar-refractivity contribution in [2.24, 2.45) is 0 Å². The first kappa shape index (κ1) is 14.8. The number of halogens is 1. The lowest BCUT2D eigenvalue weighted by Gasteiger charge is -2.28. The zero-order chi connectivity index (χ0) is 14.7. The molecule has 0 bridgehead atoms. The second kappa shape index (κ2) is 6.75. The van der Waals surface area contributed by atoms with Gasteiger partial charge in [-0.25, -0.2) is 0 Å². The van der Waals surface area contributed by atoms with E-state index in [9.17, 15) is 0 Å². The predicted molar refractivity (Wildman–Crippen MR) is 93.5 cm³/mol. The Kier molecular flexibility index (Phi) is 4.76. The topological polar surface area (TPSA) is 21.3 Å². The van der Waals surface area contributed by atoms with Gasteiger partial charge in [0.1, 0.15) is 5.75 Å². The van der Waals surface area contributed by atoms with Gasteiger partial charge in [-0.05, 0) is 36.1 Å². The molecule has 0 radical (unpaired) electrons. The number of rotatable bonds is 4. The van der Waals surface area contributed by atoms with Gasteiger partial charge < -0.3 is 10.1 Å². The fourth-order valence-electron chi connectivity index (χ4n) is 2.57. The van der Waals surface area contributed by atoms with Crippen molar-refractivity contribution in [1.29, 1.82) is 0 Å². The fourth-order valence-corrected chi connectivity index (χ4v) is 3.72. The van der Waals surface area contributed by atoms with Crippen molar-refractivity contribution in [1.82, 2.24) is 0 Å². The van der Waals surface area contributed by atoms with E-state index in [1.165, 1.54) is 16.1 Å². The third-order valence-corrected chi connectivity index (χ3v) is 4.98. The van der Waals surface area contributed by atoms with Gasteiger partial charge in [-0.15, -0.1) is 11.8 Å². The molecule has 0 saturated heterocycles. The Morgan fingerprint density at radius 3 is 3.00 bits per heavy atom. The minimum absolute atomic E-state index is 0.296. The van der Waals surface area contributed by atoms with Crippen LogP contribution >= 0.6 is 27.7 Å². The highest BCUT2D eigenvalue weighted by Crippen LogP contribution is 2.38. The van der Waals surface area contributed by atoms with E-state index in [-0.39, 0.29) is 0 Å². The van der Waals surface area contributed by atoms with Crippen molar-refractivity contribution < 1.29 is 4.74 Å². The van der Waals surface area contributed by atoms with Crippen molar-refractivity contribution in [3.8, 4) is 5.75 Å². The van der Waals surface area contributed by atoms with Gasteiger partial charge in [0.2, 0.25) is 0 Å². The summed E-state index contributed by atoms with van der Waals surface area (Å²) in [6.07, 6.45) is 0.981. The number of anilines is 1. The highest BCUT2D eigenvalue weighted by atomic mass is 79.9. The van der Waals surface area contributed by atoms with Gasteiger partial charge in [0.25, 0.3) is 0 Å². The average molecular weight is 364 g/mol. The molecule has 0 aliphatic carbocycles. The van der Waals surface area contributed by atoms with E-state index in [1.54, 1.807) is 0 Å². The summed E-state index contributed by atoms with van der Waals surface area (Å²) in [6.45, 7) is 2.94. The molecule has 2 aromatic rings. The van der Waals surface area contributed by atoms with Crippen LogP contribution in [0.25, 0.3) is 0 Å². The maximum Gasteiger partial charge on any atom is 0.124 e. The highest BCUT2D eigenvalue weighted by Gasteiger charge is 2.22. The van der Waals surface area contributed by atoms with Crippen LogP contribution in [0.5, 0.6) is 5.75 Å². The second-order valence-electron chi connectivity index (χ2n) is 4.95. The molecular formula is C17H18BrNOS. The van der Waals surface area contributed by atoms with Crippen LogP contribution in [0.2, 0.25) is 0 Å². The van der Waals surface area contributed by atoms with Crippen LogP contribution in [-0.2, 0) is 0 Å². The number of benzene rings is 2. The molecule has 0 aromatic heterocycles. The molecule has 1 aliphatic rings. The van der Waals surface area contributed by atoms with E-state index in [1.807, 2.05) is 23.9 Å². The van der Waals surface area contributed by atoms with Gasteiger partial charge in [-0.3, -0.25) is 0 Å². The fraction of sp³-hybridized carbons (Fsp3) is 0.294. The summed E-state index contributed by atoms with van der Waals surface area (Å²) in [4.78, 5) is 1.31. The van der Waals surface area contributed by atoms with Crippen LogP contribution < -0.4 is 10.1 Å². The number of para-hydroxylation sites is 1. The summed E-state index contributed by atoms with van der Waals surface area (Å²) in [6, 6.07) is 15.0. The first-order valence-electron chi connectivity index (χ1n) is 7.18. The summed E-state index contributed by atoms with van der Waals surface area (Å²) < 4.78 is 6.85. The van der Waals surface area contributed by atoms with Crippen LogP contribution in [0, 0.1) is 0 Å². The van der Waals surface area contributed by atoms with E-state index < -0.39 is 0 Å². The Morgan fingerprint density at radius 1 is 1.29 bits per heavy atom. The van der Waals surface area contributed by atoms with Crippen LogP contribution in [-0.4, -0.2) is 12.4 Å². The van der Waals surface area contributed by atoms with Crippen LogP contribution in [0.3, 0.4) is 0 Å². The lowest BCUT2D eigenvalue weighted by Crippen LogP contribution is -2.20. The van der Waals surface area contributed by atoms with Crippen molar-refractivity contribution in [3.63, 3.8) is 0 Å². The van der Waals surface area contributed by atoms with E-state index >= 15 is 0 Å². The Bertz CT molecular complexity index is 632. The molecule has 110 valence electrons. The van der Waals surface area contributed by atoms with Crippen molar-refractivity contribution in [2.45, 2.75) is 24.3 Å². The van der Waals surface area contributed by atoms with E-state index in [0.29, 0.717) is 6.04 Å². The van der Waals surface area contributed by atoms with Crippen molar-refractivity contribution in [3.05, 3.63) is 52.5 Å². The van der Waals surface area contributed by atoms with Crippen molar-refractivity contribution in [2.75, 3.05) is 17.7 Å². The van der Waals surface area contributed by atoms with Gasteiger partial charge >= 0.3 is 0 Å². The molecule has 21 heavy (non-hydrogen) atoms. The zero-order valence-corrected chi connectivity index (χ0v) is 14.3. The molecule has 0 spiro atoms. The van der Waals surface area contributed by atoms with Crippen LogP contribution in [0.15, 0.2) is 51.8 Å². The third kappa shape index (κ3) is 3.38. The molecule has 1 atom stereocenters. The van der Waals surface area contributed by atoms with Gasteiger partial charge in [0.15, 0.2) is 0 Å². The molecule has 1 heterocycles. The molecule has 1 aliphatic heterocycles. The molecule has 2 aromatic carbocycles. The largest absolute Gasteiger partial charge is 0.493 e. The Hall–Kier alpha value is -1.13. The Balaban J connectivity index is 1.88. The third-order valence-electron chi connectivity index (χ3n) is 3.53. The molecule has 3 rings (SSSR count). The summed E-state index contributed by atoms with van der Waals surface area (Å²) in [5, 5.41) is 3.70. The first-order valence-corrected chi connectivity index (χ1v) is 8.96. The molecule has 1 unspecified atom stereocenters. The number of hydrogen-bond acceptors (Lipinski definition) is 3. The molecule has 0 fully saturated rings. The summed E-state index contributed by atoms with van der Waals surface area (Å²) in [5.41, 5.74) is 2.44. The highest BCUT2D eigenvalue weighted by molar-refractivity contribution is 9.10. The summed E-state index contributed by atoms with van der Waals surface area (Å²) in [7, 11) is 0. The molecule has 2 nitrogen and oxygen atoms in total. The van der Waals surface area contributed by atoms with Gasteiger partial charge in [-0.2, -0.15) is 0 Å². The molecule has 1 N–H and O–H groups in total. The lowest BCUT2D eigenvalue weighted by atomic mass is 10.0. The number of thioether (sulfide) groups is 1. The minimum Gasteiger partial charge on any atom is -0.493 e. The number of ether oxygens (including phenoxy) is 1. The maximum absolute atomic E-state index is 5.76. The summed E-state index contributed by atoms with van der Waals surface area (Å²) in [5.74, 6) is 2.07. The number of nitrogens with one attached hydrogen (secondary N) is 1. The summed E-state index contributed by atoms with van der Waals surface area (Å²) >= 11 is 5.43. The van der Waals surface area contributed by atoms with E-state index in [2.05, 4.69) is 58.5 Å². The van der Waals surface area contributed by atoms with Crippen LogP contribution in [0.1, 0.15) is 24.9 Å². The lowest BCUT2D eigenvalue weighted by molar-refractivity contribution is 0.274. The van der Waals surface area contributed by atoms with E-state index in [0.717, 1.165) is 29.0 Å².